The third-order valence-electron chi connectivity index (χ3n) is 3.60. The van der Waals surface area contributed by atoms with Gasteiger partial charge >= 0.3 is 0 Å². The maximum Gasteiger partial charge on any atom is 0.191 e. The van der Waals surface area contributed by atoms with Crippen molar-refractivity contribution in [3.63, 3.8) is 0 Å². The zero-order chi connectivity index (χ0) is 14.8. The number of hydrogen-bond donors (Lipinski definition) is 2. The first-order valence-electron chi connectivity index (χ1n) is 7.57. The molecule has 1 fully saturated rings. The highest BCUT2D eigenvalue weighted by Gasteiger charge is 2.21. The number of methoxy groups -OCH3 is 1. The van der Waals surface area contributed by atoms with Crippen LogP contribution >= 0.6 is 0 Å². The van der Waals surface area contributed by atoms with Crippen LogP contribution in [0.15, 0.2) is 4.99 Å². The summed E-state index contributed by atoms with van der Waals surface area (Å²) in [6.45, 7) is 8.83. The molecule has 118 valence electrons. The van der Waals surface area contributed by atoms with Gasteiger partial charge in [-0.2, -0.15) is 0 Å². The largest absolute Gasteiger partial charge is 0.385 e. The number of hydrogen-bond acceptors (Lipinski definition) is 4. The minimum Gasteiger partial charge on any atom is -0.385 e. The molecule has 1 atom stereocenters. The monoisotopic (exact) mass is 285 g/mol. The Morgan fingerprint density at radius 3 is 2.80 bits per heavy atom. The molecule has 0 aliphatic carbocycles. The lowest BCUT2D eigenvalue weighted by atomic mass is 10.2. The Bertz CT molecular complexity index is 285. The lowest BCUT2D eigenvalue weighted by Gasteiger charge is -2.36. The van der Waals surface area contributed by atoms with Crippen molar-refractivity contribution in [3.8, 4) is 0 Å². The van der Waals surface area contributed by atoms with Crippen molar-refractivity contribution >= 4 is 5.96 Å². The molecule has 0 saturated carbocycles. The molecule has 6 nitrogen and oxygen atoms in total. The second-order valence-corrected chi connectivity index (χ2v) is 5.39. The molecule has 0 aromatic rings. The van der Waals surface area contributed by atoms with Gasteiger partial charge in [0.15, 0.2) is 5.96 Å². The smallest absolute Gasteiger partial charge is 0.191 e. The average molecular weight is 285 g/mol. The molecule has 0 aromatic heterocycles. The van der Waals surface area contributed by atoms with E-state index in [1.807, 2.05) is 0 Å². The highest BCUT2D eigenvalue weighted by molar-refractivity contribution is 5.79. The Kier molecular flexibility index (Phi) is 8.57. The normalized spacial score (nSPS) is 22.0. The van der Waals surface area contributed by atoms with Crippen molar-refractivity contribution in [3.05, 3.63) is 0 Å². The number of nitrogens with zero attached hydrogens (tertiary/aromatic N) is 3. The zero-order valence-corrected chi connectivity index (χ0v) is 13.5. The van der Waals surface area contributed by atoms with E-state index in [1.54, 1.807) is 7.11 Å². The quantitative estimate of drug-likeness (QED) is 0.386. The van der Waals surface area contributed by atoms with Crippen molar-refractivity contribution in [2.75, 3.05) is 67.1 Å². The second-order valence-electron chi connectivity index (χ2n) is 5.39. The maximum absolute atomic E-state index is 5.05. The van der Waals surface area contributed by atoms with Gasteiger partial charge in [-0.25, -0.2) is 0 Å². The fourth-order valence-electron chi connectivity index (χ4n) is 2.26. The SMILES string of the molecule is CCNC(=NCC1CN(C)CCN1C)NCCCOC. The van der Waals surface area contributed by atoms with Gasteiger partial charge in [0.05, 0.1) is 6.54 Å². The van der Waals surface area contributed by atoms with Gasteiger partial charge in [-0.1, -0.05) is 0 Å². The first-order chi connectivity index (χ1) is 9.67. The molecule has 2 N–H and O–H groups in total. The van der Waals surface area contributed by atoms with Crippen LogP contribution in [-0.2, 0) is 4.74 Å². The summed E-state index contributed by atoms with van der Waals surface area (Å²) < 4.78 is 5.05. The number of piperazine rings is 1. The van der Waals surface area contributed by atoms with Crippen LogP contribution in [0.3, 0.4) is 0 Å². The number of rotatable bonds is 7. The summed E-state index contributed by atoms with van der Waals surface area (Å²) in [6, 6.07) is 0.503. The Morgan fingerprint density at radius 1 is 1.30 bits per heavy atom. The van der Waals surface area contributed by atoms with Gasteiger partial charge in [0.25, 0.3) is 0 Å². The molecule has 20 heavy (non-hydrogen) atoms. The molecule has 1 heterocycles. The van der Waals surface area contributed by atoms with Gasteiger partial charge in [0.2, 0.25) is 0 Å². The number of likely N-dealkylation sites (N-methyl/N-ethyl adjacent to an activating group) is 2. The topological polar surface area (TPSA) is 52.1 Å². The van der Waals surface area contributed by atoms with Crippen molar-refractivity contribution in [2.45, 2.75) is 19.4 Å². The van der Waals surface area contributed by atoms with Crippen LogP contribution in [0.1, 0.15) is 13.3 Å². The minimum absolute atomic E-state index is 0.503. The van der Waals surface area contributed by atoms with Crippen molar-refractivity contribution < 1.29 is 4.74 Å². The van der Waals surface area contributed by atoms with E-state index in [-0.39, 0.29) is 0 Å². The minimum atomic E-state index is 0.503. The van der Waals surface area contributed by atoms with Gasteiger partial charge in [-0.05, 0) is 27.4 Å². The lowest BCUT2D eigenvalue weighted by molar-refractivity contribution is 0.119. The van der Waals surface area contributed by atoms with Crippen LogP contribution in [0.5, 0.6) is 0 Å². The lowest BCUT2D eigenvalue weighted by Crippen LogP contribution is -2.51. The van der Waals surface area contributed by atoms with Gasteiger partial charge in [0, 0.05) is 52.5 Å². The zero-order valence-electron chi connectivity index (χ0n) is 13.5. The molecule has 0 amide bonds. The number of ether oxygens (including phenoxy) is 1. The molecule has 1 rings (SSSR count). The van der Waals surface area contributed by atoms with Gasteiger partial charge < -0.3 is 20.3 Å². The van der Waals surface area contributed by atoms with E-state index in [1.165, 1.54) is 0 Å². The number of guanidine groups is 1. The molecule has 1 saturated heterocycles. The van der Waals surface area contributed by atoms with Crippen LogP contribution in [0, 0.1) is 0 Å². The van der Waals surface area contributed by atoms with Crippen molar-refractivity contribution in [2.24, 2.45) is 4.99 Å². The molecule has 0 spiro atoms. The standard InChI is InChI=1S/C14H31N5O/c1-5-15-14(16-7-6-10-20-4)17-11-13-12-18(2)8-9-19(13)3/h13H,5-12H2,1-4H3,(H2,15,16,17). The summed E-state index contributed by atoms with van der Waals surface area (Å²) in [7, 11) is 6.10. The third-order valence-corrected chi connectivity index (χ3v) is 3.60. The molecule has 6 heteroatoms. The molecule has 1 aliphatic heterocycles. The van der Waals surface area contributed by atoms with Gasteiger partial charge in [-0.15, -0.1) is 0 Å². The molecule has 1 aliphatic rings. The fourth-order valence-corrected chi connectivity index (χ4v) is 2.26. The Labute approximate surface area is 123 Å². The van der Waals surface area contributed by atoms with E-state index in [2.05, 4.69) is 41.5 Å². The highest BCUT2D eigenvalue weighted by Crippen LogP contribution is 2.05. The number of aliphatic imine (C=N–C) groups is 1. The van der Waals surface area contributed by atoms with E-state index in [0.29, 0.717) is 6.04 Å². The van der Waals surface area contributed by atoms with Gasteiger partial charge in [-0.3, -0.25) is 9.89 Å². The first kappa shape index (κ1) is 17.2. The van der Waals surface area contributed by atoms with E-state index in [4.69, 9.17) is 9.73 Å². The Morgan fingerprint density at radius 2 is 2.10 bits per heavy atom. The highest BCUT2D eigenvalue weighted by atomic mass is 16.5. The summed E-state index contributed by atoms with van der Waals surface area (Å²) in [5, 5.41) is 6.64. The molecular weight excluding hydrogens is 254 g/mol. The fraction of sp³-hybridized carbons (Fsp3) is 0.929. The number of nitrogens with one attached hydrogen (secondary N) is 2. The van der Waals surface area contributed by atoms with Crippen molar-refractivity contribution in [1.29, 1.82) is 0 Å². The molecule has 0 aromatic carbocycles. The first-order valence-corrected chi connectivity index (χ1v) is 7.57. The molecular formula is C14H31N5O. The molecule has 1 unspecified atom stereocenters. The van der Waals surface area contributed by atoms with E-state index in [0.717, 1.165) is 58.3 Å². The summed E-state index contributed by atoms with van der Waals surface area (Å²) in [5.41, 5.74) is 0. The Balaban J connectivity index is 2.39. The summed E-state index contributed by atoms with van der Waals surface area (Å²) >= 11 is 0. The average Bonchev–Trinajstić information content (AvgIpc) is 2.44. The molecule has 0 radical (unpaired) electrons. The van der Waals surface area contributed by atoms with Crippen LogP contribution < -0.4 is 10.6 Å². The summed E-state index contributed by atoms with van der Waals surface area (Å²) in [4.78, 5) is 9.48. The maximum atomic E-state index is 5.05. The van der Waals surface area contributed by atoms with Crippen LogP contribution in [0.2, 0.25) is 0 Å². The Hall–Kier alpha value is -0.850. The second kappa shape index (κ2) is 9.96. The summed E-state index contributed by atoms with van der Waals surface area (Å²) in [6.07, 6.45) is 0.993. The van der Waals surface area contributed by atoms with Crippen LogP contribution in [0.4, 0.5) is 0 Å². The van der Waals surface area contributed by atoms with E-state index < -0.39 is 0 Å². The van der Waals surface area contributed by atoms with E-state index in [9.17, 15) is 0 Å². The predicted octanol–water partition coefficient (Wildman–Crippen LogP) is -0.176. The predicted molar refractivity (Wildman–Crippen MR) is 84.4 cm³/mol. The van der Waals surface area contributed by atoms with Crippen LogP contribution in [0.25, 0.3) is 0 Å². The van der Waals surface area contributed by atoms with Crippen LogP contribution in [-0.4, -0.2) is 88.9 Å². The van der Waals surface area contributed by atoms with Gasteiger partial charge in [0.1, 0.15) is 0 Å². The van der Waals surface area contributed by atoms with Crippen molar-refractivity contribution in [1.82, 2.24) is 20.4 Å². The van der Waals surface area contributed by atoms with E-state index >= 15 is 0 Å². The molecule has 0 bridgehead atoms. The summed E-state index contributed by atoms with van der Waals surface area (Å²) in [5.74, 6) is 0.908. The third kappa shape index (κ3) is 6.54.